The maximum Gasteiger partial charge on any atom is 0.0541 e. The lowest BCUT2D eigenvalue weighted by Gasteiger charge is -2.17. The van der Waals surface area contributed by atoms with Gasteiger partial charge in [-0.3, -0.25) is 0 Å². The van der Waals surface area contributed by atoms with Gasteiger partial charge < -0.3 is 4.57 Å². The van der Waals surface area contributed by atoms with E-state index in [2.05, 4.69) is 338 Å². The molecule has 1 aromatic heterocycles. The zero-order valence-electron chi connectivity index (χ0n) is 46.7. The largest absolute Gasteiger partial charge is 0.309 e. The third kappa shape index (κ3) is 8.90. The summed E-state index contributed by atoms with van der Waals surface area (Å²) in [5, 5.41) is 9.83. The number of fused-ring (bicyclic) bond motifs is 7. The molecule has 1 heteroatoms. The normalized spacial score (nSPS) is 11.5. The first-order valence-corrected chi connectivity index (χ1v) is 29.4. The van der Waals surface area contributed by atoms with E-state index in [0.29, 0.717) is 0 Å². The Morgan fingerprint density at radius 2 is 0.494 bits per heavy atom. The monoisotopic (exact) mass is 1080 g/mol. The molecule has 0 bridgehead atoms. The summed E-state index contributed by atoms with van der Waals surface area (Å²) < 4.78 is 2.52. The molecular weight excluding hydrogens is 1020 g/mol. The lowest BCUT2D eigenvalue weighted by molar-refractivity contribution is 1.20. The zero-order chi connectivity index (χ0) is 56.2. The molecule has 0 saturated heterocycles. The van der Waals surface area contributed by atoms with Crippen LogP contribution in [-0.2, 0) is 0 Å². The molecule has 0 amide bonds. The second-order valence-electron chi connectivity index (χ2n) is 22.3. The van der Waals surface area contributed by atoms with E-state index in [9.17, 15) is 0 Å². The van der Waals surface area contributed by atoms with E-state index < -0.39 is 0 Å². The Morgan fingerprint density at radius 1 is 0.153 bits per heavy atom. The Bertz CT molecular complexity index is 4950. The van der Waals surface area contributed by atoms with Crippen molar-refractivity contribution in [1.82, 2.24) is 4.57 Å². The van der Waals surface area contributed by atoms with E-state index in [1.807, 2.05) is 0 Å². The van der Waals surface area contributed by atoms with Gasteiger partial charge in [-0.2, -0.15) is 0 Å². The summed E-state index contributed by atoms with van der Waals surface area (Å²) in [7, 11) is 0. The minimum atomic E-state index is 1.14. The molecule has 0 aliphatic heterocycles. The fourth-order valence-electron chi connectivity index (χ4n) is 13.2. The highest BCUT2D eigenvalue weighted by atomic mass is 15.0. The van der Waals surface area contributed by atoms with Crippen molar-refractivity contribution in [1.29, 1.82) is 0 Å². The minimum absolute atomic E-state index is 1.14. The Hall–Kier alpha value is -11.1. The molecule has 0 aliphatic carbocycles. The second kappa shape index (κ2) is 21.0. The average Bonchev–Trinajstić information content (AvgIpc) is 2.27. The quantitative estimate of drug-likeness (QED) is 0.120. The summed E-state index contributed by atoms with van der Waals surface area (Å²) in [6.07, 6.45) is 0. The summed E-state index contributed by atoms with van der Waals surface area (Å²) in [6.45, 7) is 0. The van der Waals surface area contributed by atoms with Gasteiger partial charge in [0.1, 0.15) is 0 Å². The first-order valence-electron chi connectivity index (χ1n) is 29.4. The van der Waals surface area contributed by atoms with Gasteiger partial charge in [0.05, 0.1) is 16.7 Å². The Balaban J connectivity index is 0.892. The van der Waals surface area contributed by atoms with E-state index in [0.717, 1.165) is 27.8 Å². The molecule has 85 heavy (non-hydrogen) atoms. The highest BCUT2D eigenvalue weighted by Crippen LogP contribution is 2.46. The van der Waals surface area contributed by atoms with Crippen LogP contribution in [-0.4, -0.2) is 4.57 Å². The molecule has 0 atom stereocenters. The summed E-state index contributed by atoms with van der Waals surface area (Å²) in [6, 6.07) is 123. The molecule has 0 spiro atoms. The Labute approximate surface area is 495 Å². The zero-order valence-corrected chi connectivity index (χ0v) is 46.7. The molecule has 0 fully saturated rings. The number of nitrogens with zero attached hydrogens (tertiary/aromatic N) is 1. The average molecular weight is 1080 g/mol. The lowest BCUT2D eigenvalue weighted by atomic mass is 9.89. The van der Waals surface area contributed by atoms with Gasteiger partial charge in [0.2, 0.25) is 0 Å². The van der Waals surface area contributed by atoms with Crippen LogP contribution >= 0.6 is 0 Å². The Kier molecular flexibility index (Phi) is 12.3. The van der Waals surface area contributed by atoms with Crippen molar-refractivity contribution in [2.45, 2.75) is 0 Å². The molecule has 0 aliphatic rings. The van der Waals surface area contributed by atoms with Crippen LogP contribution in [0.25, 0.3) is 160 Å². The number of rotatable bonds is 10. The highest BCUT2D eigenvalue weighted by molar-refractivity contribution is 6.18. The number of hydrogen-bond donors (Lipinski definition) is 0. The first kappa shape index (κ1) is 49.7. The van der Waals surface area contributed by atoms with Gasteiger partial charge in [0.15, 0.2) is 0 Å². The standard InChI is InChI=1S/C84H55N/c1-5-19-56(20-6-1)58-33-37-60(38-34-58)64-41-45-70(77(51-64)62-23-9-3-10-24-62)67-43-48-83-80(54-67)81-55-68(71-46-42-65(52-78(71)63-25-11-4-12-26-63)61-39-35-59(36-40-61)57-21-7-2-8-22-57)44-49-84(81)85(83)82-50-47-75(73-30-17-18-32-76(73)82)79-53-66-27-13-14-28-69(66)72-29-15-16-31-74(72)79/h1-55H. The van der Waals surface area contributed by atoms with Crippen LogP contribution < -0.4 is 0 Å². The maximum atomic E-state index is 2.52. The number of hydrogen-bond acceptors (Lipinski definition) is 0. The molecule has 16 aromatic rings. The molecule has 1 heterocycles. The molecule has 16 rings (SSSR count). The molecule has 0 N–H and O–H groups in total. The van der Waals surface area contributed by atoms with Crippen LogP contribution in [0, 0.1) is 0 Å². The van der Waals surface area contributed by atoms with Crippen LogP contribution in [0.3, 0.4) is 0 Å². The fraction of sp³-hybridized carbons (Fsp3) is 0. The summed E-state index contributed by atoms with van der Waals surface area (Å²) in [5.41, 5.74) is 24.9. The van der Waals surface area contributed by atoms with E-state index in [-0.39, 0.29) is 0 Å². The molecule has 15 aromatic carbocycles. The highest BCUT2D eigenvalue weighted by Gasteiger charge is 2.21. The summed E-state index contributed by atoms with van der Waals surface area (Å²) in [4.78, 5) is 0. The molecule has 0 unspecified atom stereocenters. The van der Waals surface area contributed by atoms with Crippen molar-refractivity contribution >= 4 is 54.1 Å². The third-order valence-electron chi connectivity index (χ3n) is 17.4. The van der Waals surface area contributed by atoms with E-state index in [1.54, 1.807) is 0 Å². The van der Waals surface area contributed by atoms with Gasteiger partial charge in [-0.05, 0) is 176 Å². The first-order chi connectivity index (χ1) is 42.1. The maximum absolute atomic E-state index is 2.52. The lowest BCUT2D eigenvalue weighted by Crippen LogP contribution is -1.97. The molecule has 1 nitrogen and oxygen atoms in total. The number of benzene rings is 15. The van der Waals surface area contributed by atoms with Crippen LogP contribution in [0.4, 0.5) is 0 Å². The van der Waals surface area contributed by atoms with Crippen molar-refractivity contribution in [3.8, 4) is 106 Å². The van der Waals surface area contributed by atoms with Crippen molar-refractivity contribution in [2.75, 3.05) is 0 Å². The van der Waals surface area contributed by atoms with Crippen LogP contribution in [0.5, 0.6) is 0 Å². The summed E-state index contributed by atoms with van der Waals surface area (Å²) >= 11 is 0. The summed E-state index contributed by atoms with van der Waals surface area (Å²) in [5.74, 6) is 0. The Morgan fingerprint density at radius 3 is 0.976 bits per heavy atom. The minimum Gasteiger partial charge on any atom is -0.309 e. The van der Waals surface area contributed by atoms with Gasteiger partial charge in [0, 0.05) is 16.2 Å². The SMILES string of the molecule is c1ccc(-c2ccc(-c3ccc(-c4ccc5c(c4)c4cc(-c6ccc(-c7ccc(-c8ccccc8)cc7)cc6-c6ccccc6)ccc4n5-c4ccc(-c5cc6ccccc6c6ccccc56)c5ccccc45)c(-c4ccccc4)c3)cc2)cc1. The van der Waals surface area contributed by atoms with Gasteiger partial charge in [-0.25, -0.2) is 0 Å². The van der Waals surface area contributed by atoms with Crippen LogP contribution in [0.15, 0.2) is 334 Å². The van der Waals surface area contributed by atoms with Crippen molar-refractivity contribution < 1.29 is 0 Å². The molecule has 0 radical (unpaired) electrons. The van der Waals surface area contributed by atoms with Crippen molar-refractivity contribution in [3.05, 3.63) is 334 Å². The number of aromatic nitrogens is 1. The third-order valence-corrected chi connectivity index (χ3v) is 17.4. The van der Waals surface area contributed by atoms with E-state index in [4.69, 9.17) is 0 Å². The van der Waals surface area contributed by atoms with E-state index >= 15 is 0 Å². The predicted octanol–water partition coefficient (Wildman–Crippen LogP) is 23.2. The fourth-order valence-corrected chi connectivity index (χ4v) is 13.2. The predicted molar refractivity (Wildman–Crippen MR) is 362 cm³/mol. The molecule has 396 valence electrons. The van der Waals surface area contributed by atoms with E-state index in [1.165, 1.54) is 132 Å². The smallest absolute Gasteiger partial charge is 0.0541 e. The van der Waals surface area contributed by atoms with Gasteiger partial charge in [-0.15, -0.1) is 0 Å². The topological polar surface area (TPSA) is 4.93 Å². The second-order valence-corrected chi connectivity index (χ2v) is 22.3. The molecular formula is C84H55N. The van der Waals surface area contributed by atoms with Crippen LogP contribution in [0.1, 0.15) is 0 Å². The van der Waals surface area contributed by atoms with Gasteiger partial charge in [0.25, 0.3) is 0 Å². The van der Waals surface area contributed by atoms with Crippen molar-refractivity contribution in [3.63, 3.8) is 0 Å². The van der Waals surface area contributed by atoms with Crippen molar-refractivity contribution in [2.24, 2.45) is 0 Å². The molecule has 0 saturated carbocycles. The van der Waals surface area contributed by atoms with Gasteiger partial charge >= 0.3 is 0 Å². The van der Waals surface area contributed by atoms with Gasteiger partial charge in [-0.1, -0.05) is 285 Å². The van der Waals surface area contributed by atoms with Crippen LogP contribution in [0.2, 0.25) is 0 Å².